The topological polar surface area (TPSA) is 92.0 Å². The zero-order valence-electron chi connectivity index (χ0n) is 18.2. The van der Waals surface area contributed by atoms with Crippen molar-refractivity contribution in [3.63, 3.8) is 0 Å². The maximum Gasteiger partial charge on any atom is 0.408 e. The van der Waals surface area contributed by atoms with E-state index in [9.17, 15) is 18.3 Å². The monoisotopic (exact) mass is 449 g/mol. The molecule has 32 heavy (non-hydrogen) atoms. The van der Waals surface area contributed by atoms with Crippen molar-refractivity contribution >= 4 is 28.6 Å². The van der Waals surface area contributed by atoms with E-state index in [-0.39, 0.29) is 0 Å². The van der Waals surface area contributed by atoms with Crippen molar-refractivity contribution in [2.24, 2.45) is 0 Å². The molecule has 0 amide bonds. The molecule has 0 aliphatic carbocycles. The summed E-state index contributed by atoms with van der Waals surface area (Å²) < 4.78 is 41.6. The molecule has 2 N–H and O–H groups in total. The average molecular weight is 449 g/mol. The number of aromatic nitrogens is 5. The van der Waals surface area contributed by atoms with Gasteiger partial charge in [0, 0.05) is 31.8 Å². The number of hydrogen-bond donors (Lipinski definition) is 2. The number of anilines is 3. The van der Waals surface area contributed by atoms with Gasteiger partial charge in [-0.3, -0.25) is 0 Å². The third-order valence-corrected chi connectivity index (χ3v) is 5.85. The van der Waals surface area contributed by atoms with E-state index in [1.165, 1.54) is 10.8 Å². The number of pyridine rings is 1. The minimum atomic E-state index is -4.39. The highest BCUT2D eigenvalue weighted by molar-refractivity contribution is 5.79. The van der Waals surface area contributed by atoms with Crippen LogP contribution in [-0.2, 0) is 6.42 Å². The lowest BCUT2D eigenvalue weighted by molar-refractivity contribution is -0.162. The van der Waals surface area contributed by atoms with Gasteiger partial charge in [0.05, 0.1) is 17.3 Å². The van der Waals surface area contributed by atoms with E-state index in [1.54, 1.807) is 25.3 Å². The summed E-state index contributed by atoms with van der Waals surface area (Å²) in [6.45, 7) is 5.99. The molecule has 1 unspecified atom stereocenters. The van der Waals surface area contributed by atoms with E-state index in [2.05, 4.69) is 25.3 Å². The van der Waals surface area contributed by atoms with Crippen molar-refractivity contribution < 1.29 is 18.3 Å². The summed E-state index contributed by atoms with van der Waals surface area (Å²) >= 11 is 0. The third-order valence-electron chi connectivity index (χ3n) is 5.85. The van der Waals surface area contributed by atoms with E-state index >= 15 is 0 Å². The van der Waals surface area contributed by atoms with E-state index in [4.69, 9.17) is 0 Å². The van der Waals surface area contributed by atoms with Crippen LogP contribution in [0.25, 0.3) is 11.0 Å². The lowest BCUT2D eigenvalue weighted by Gasteiger charge is -2.35. The summed E-state index contributed by atoms with van der Waals surface area (Å²) in [4.78, 5) is 19.4. The van der Waals surface area contributed by atoms with Crippen LogP contribution in [0.15, 0.2) is 24.5 Å². The first-order chi connectivity index (χ1) is 15.1. The van der Waals surface area contributed by atoms with Gasteiger partial charge in [0.1, 0.15) is 29.0 Å². The first kappa shape index (κ1) is 22.3. The highest BCUT2D eigenvalue weighted by Crippen LogP contribution is 2.34. The molecule has 1 aliphatic rings. The van der Waals surface area contributed by atoms with Crippen LogP contribution >= 0.6 is 0 Å². The van der Waals surface area contributed by atoms with Gasteiger partial charge in [0.2, 0.25) is 5.95 Å². The minimum absolute atomic E-state index is 0.356. The molecular formula is C21H26F3N7O. The van der Waals surface area contributed by atoms with Crippen LogP contribution in [0.5, 0.6) is 0 Å². The Hall–Kier alpha value is -2.95. The molecule has 4 heterocycles. The molecule has 8 nitrogen and oxygen atoms in total. The molecule has 3 aromatic rings. The zero-order chi connectivity index (χ0) is 23.1. The molecule has 0 saturated carbocycles. The standard InChI is InChI=1S/C21H26F3N7O/c1-4-18-27-14-12-26-17(11-15(14)31(18)13(2)21(22,23)24)28-16-5-8-25-19(29-16)30-9-6-20(3,32)7-10-30/h5,8,11-13,32H,4,6-7,9-10H2,1-3H3,(H,25,26,28,29). The fourth-order valence-electron chi connectivity index (χ4n) is 3.83. The third kappa shape index (κ3) is 4.47. The van der Waals surface area contributed by atoms with Gasteiger partial charge in [-0.05, 0) is 32.8 Å². The zero-order valence-corrected chi connectivity index (χ0v) is 18.2. The predicted molar refractivity (Wildman–Crippen MR) is 115 cm³/mol. The minimum Gasteiger partial charge on any atom is -0.390 e. The van der Waals surface area contributed by atoms with Crippen molar-refractivity contribution in [1.29, 1.82) is 0 Å². The largest absolute Gasteiger partial charge is 0.408 e. The Morgan fingerprint density at radius 1 is 1.19 bits per heavy atom. The number of fused-ring (bicyclic) bond motifs is 1. The number of piperidine rings is 1. The Bertz CT molecular complexity index is 1100. The van der Waals surface area contributed by atoms with Crippen molar-refractivity contribution in [1.82, 2.24) is 24.5 Å². The van der Waals surface area contributed by atoms with Crippen molar-refractivity contribution in [2.45, 2.75) is 57.9 Å². The molecule has 0 bridgehead atoms. The van der Waals surface area contributed by atoms with Gasteiger partial charge < -0.3 is 19.9 Å². The fraction of sp³-hybridized carbons (Fsp3) is 0.524. The number of alkyl halides is 3. The van der Waals surface area contributed by atoms with Gasteiger partial charge >= 0.3 is 6.18 Å². The lowest BCUT2D eigenvalue weighted by atomic mass is 9.94. The molecule has 1 saturated heterocycles. The summed E-state index contributed by atoms with van der Waals surface area (Å²) in [5, 5.41) is 13.2. The highest BCUT2D eigenvalue weighted by atomic mass is 19.4. The fourth-order valence-corrected chi connectivity index (χ4v) is 3.83. The highest BCUT2D eigenvalue weighted by Gasteiger charge is 2.39. The predicted octanol–water partition coefficient (Wildman–Crippen LogP) is 4.00. The molecule has 1 atom stereocenters. The van der Waals surface area contributed by atoms with E-state index in [1.807, 2.05) is 11.8 Å². The summed E-state index contributed by atoms with van der Waals surface area (Å²) in [6, 6.07) is 1.52. The van der Waals surface area contributed by atoms with E-state index < -0.39 is 17.8 Å². The Morgan fingerprint density at radius 3 is 2.56 bits per heavy atom. The van der Waals surface area contributed by atoms with Crippen LogP contribution in [0.1, 0.15) is 45.5 Å². The average Bonchev–Trinajstić information content (AvgIpc) is 3.10. The first-order valence-corrected chi connectivity index (χ1v) is 10.6. The second-order valence-electron chi connectivity index (χ2n) is 8.38. The molecule has 11 heteroatoms. The Balaban J connectivity index is 1.61. The molecule has 1 aliphatic heterocycles. The number of imidazole rings is 1. The Morgan fingerprint density at radius 2 is 1.91 bits per heavy atom. The number of nitrogens with zero attached hydrogens (tertiary/aromatic N) is 6. The maximum atomic E-state index is 13.5. The van der Waals surface area contributed by atoms with Crippen LogP contribution in [0.2, 0.25) is 0 Å². The van der Waals surface area contributed by atoms with Gasteiger partial charge in [0.25, 0.3) is 0 Å². The number of rotatable bonds is 5. The number of hydrogen-bond acceptors (Lipinski definition) is 7. The smallest absolute Gasteiger partial charge is 0.390 e. The van der Waals surface area contributed by atoms with Crippen LogP contribution in [0.3, 0.4) is 0 Å². The van der Waals surface area contributed by atoms with E-state index in [0.29, 0.717) is 66.8 Å². The lowest BCUT2D eigenvalue weighted by Crippen LogP contribution is -2.43. The molecule has 0 aromatic carbocycles. The first-order valence-electron chi connectivity index (χ1n) is 10.6. The van der Waals surface area contributed by atoms with Gasteiger partial charge in [-0.15, -0.1) is 0 Å². The number of aryl methyl sites for hydroxylation is 1. The molecule has 172 valence electrons. The molecular weight excluding hydrogens is 423 g/mol. The number of aliphatic hydroxyl groups is 1. The second-order valence-corrected chi connectivity index (χ2v) is 8.38. The quantitative estimate of drug-likeness (QED) is 0.608. The molecule has 3 aromatic heterocycles. The summed E-state index contributed by atoms with van der Waals surface area (Å²) in [5.41, 5.74) is 0.0865. The van der Waals surface area contributed by atoms with Crippen molar-refractivity contribution in [3.05, 3.63) is 30.4 Å². The van der Waals surface area contributed by atoms with Crippen molar-refractivity contribution in [2.75, 3.05) is 23.3 Å². The van der Waals surface area contributed by atoms with E-state index in [0.717, 1.165) is 6.92 Å². The normalized spacial score (nSPS) is 17.5. The Kier molecular flexibility index (Phi) is 5.70. The molecule has 0 radical (unpaired) electrons. The SMILES string of the molecule is CCc1nc2cnc(Nc3ccnc(N4CCC(C)(O)CC4)n3)cc2n1C(C)C(F)(F)F. The summed E-state index contributed by atoms with van der Waals surface area (Å²) in [6.07, 6.45) is 0.290. The summed E-state index contributed by atoms with van der Waals surface area (Å²) in [7, 11) is 0. The van der Waals surface area contributed by atoms with Gasteiger partial charge in [0.15, 0.2) is 0 Å². The van der Waals surface area contributed by atoms with Gasteiger partial charge in [-0.2, -0.15) is 18.2 Å². The van der Waals surface area contributed by atoms with Crippen LogP contribution in [0.4, 0.5) is 30.8 Å². The second kappa shape index (κ2) is 8.19. The molecule has 4 rings (SSSR count). The van der Waals surface area contributed by atoms with Gasteiger partial charge in [-0.25, -0.2) is 15.0 Å². The molecule has 0 spiro atoms. The van der Waals surface area contributed by atoms with Crippen LogP contribution in [0, 0.1) is 0 Å². The van der Waals surface area contributed by atoms with Crippen LogP contribution in [-0.4, -0.2) is 54.5 Å². The number of halogens is 3. The number of nitrogens with one attached hydrogen (secondary N) is 1. The Labute approximate surface area is 183 Å². The summed E-state index contributed by atoms with van der Waals surface area (Å²) in [5.74, 6) is 1.72. The maximum absolute atomic E-state index is 13.5. The van der Waals surface area contributed by atoms with Gasteiger partial charge in [-0.1, -0.05) is 6.92 Å². The van der Waals surface area contributed by atoms with Crippen LogP contribution < -0.4 is 10.2 Å². The molecule has 1 fully saturated rings. The van der Waals surface area contributed by atoms with Crippen molar-refractivity contribution in [3.8, 4) is 0 Å².